The highest BCUT2D eigenvalue weighted by molar-refractivity contribution is 9.08. The zero-order valence-corrected chi connectivity index (χ0v) is 13.2. The van der Waals surface area contributed by atoms with Gasteiger partial charge in [-0.1, -0.05) is 66.2 Å². The van der Waals surface area contributed by atoms with Gasteiger partial charge in [-0.05, 0) is 18.1 Å². The average molecular weight is 334 g/mol. The zero-order valence-electron chi connectivity index (χ0n) is 11.6. The van der Waals surface area contributed by atoms with Crippen molar-refractivity contribution in [3.63, 3.8) is 0 Å². The Hall–Kier alpha value is -1.16. The maximum absolute atomic E-state index is 4.44. The molecule has 0 unspecified atom stereocenters. The van der Waals surface area contributed by atoms with Crippen molar-refractivity contribution in [2.24, 2.45) is 5.92 Å². The molecule has 1 aromatic heterocycles. The SMILES string of the molecule is BrCc1nnc(CC2CCCCC2)n1-c1ccccc1. The molecule has 0 saturated heterocycles. The van der Waals surface area contributed by atoms with E-state index in [0.29, 0.717) is 0 Å². The van der Waals surface area contributed by atoms with Crippen molar-refractivity contribution >= 4 is 15.9 Å². The molecule has 3 nitrogen and oxygen atoms in total. The molecule has 1 aliphatic carbocycles. The monoisotopic (exact) mass is 333 g/mol. The van der Waals surface area contributed by atoms with E-state index in [1.165, 1.54) is 32.1 Å². The van der Waals surface area contributed by atoms with E-state index in [0.717, 1.165) is 35.0 Å². The molecular formula is C16H20BrN3. The summed E-state index contributed by atoms with van der Waals surface area (Å²) in [7, 11) is 0. The van der Waals surface area contributed by atoms with E-state index in [1.54, 1.807) is 0 Å². The minimum Gasteiger partial charge on any atom is -0.282 e. The van der Waals surface area contributed by atoms with E-state index in [2.05, 4.69) is 55.0 Å². The first kappa shape index (κ1) is 13.8. The van der Waals surface area contributed by atoms with Crippen LogP contribution in [0.5, 0.6) is 0 Å². The summed E-state index contributed by atoms with van der Waals surface area (Å²) in [5.41, 5.74) is 1.16. The molecule has 106 valence electrons. The summed E-state index contributed by atoms with van der Waals surface area (Å²) in [5.74, 6) is 2.87. The summed E-state index contributed by atoms with van der Waals surface area (Å²) >= 11 is 3.52. The molecule has 1 aliphatic rings. The van der Waals surface area contributed by atoms with Gasteiger partial charge in [0.05, 0.1) is 5.33 Å². The molecule has 1 aromatic carbocycles. The molecule has 4 heteroatoms. The molecular weight excluding hydrogens is 314 g/mol. The number of nitrogens with zero attached hydrogens (tertiary/aromatic N) is 3. The minimum atomic E-state index is 0.736. The first-order valence-electron chi connectivity index (χ1n) is 7.43. The molecule has 0 N–H and O–H groups in total. The highest BCUT2D eigenvalue weighted by atomic mass is 79.9. The fourth-order valence-electron chi connectivity index (χ4n) is 3.10. The van der Waals surface area contributed by atoms with E-state index in [1.807, 2.05) is 6.07 Å². The Morgan fingerprint density at radius 3 is 2.40 bits per heavy atom. The van der Waals surface area contributed by atoms with Gasteiger partial charge in [0.25, 0.3) is 0 Å². The van der Waals surface area contributed by atoms with Gasteiger partial charge in [0.2, 0.25) is 0 Å². The van der Waals surface area contributed by atoms with Crippen LogP contribution < -0.4 is 0 Å². The number of hydrogen-bond donors (Lipinski definition) is 0. The Balaban J connectivity index is 1.89. The second kappa shape index (κ2) is 6.53. The third-order valence-corrected chi connectivity index (χ3v) is 4.63. The third-order valence-electron chi connectivity index (χ3n) is 4.13. The molecule has 0 bridgehead atoms. The Labute approximate surface area is 128 Å². The molecule has 1 heterocycles. The number of para-hydroxylation sites is 1. The molecule has 2 aromatic rings. The summed E-state index contributed by atoms with van der Waals surface area (Å²) in [6, 6.07) is 10.4. The van der Waals surface area contributed by atoms with Crippen LogP contribution in [0.2, 0.25) is 0 Å². The van der Waals surface area contributed by atoms with E-state index in [4.69, 9.17) is 0 Å². The van der Waals surface area contributed by atoms with Gasteiger partial charge in [-0.25, -0.2) is 0 Å². The van der Waals surface area contributed by atoms with Crippen LogP contribution in [-0.4, -0.2) is 14.8 Å². The molecule has 3 rings (SSSR count). The highest BCUT2D eigenvalue weighted by Gasteiger charge is 2.19. The maximum Gasteiger partial charge on any atom is 0.148 e. The predicted molar refractivity (Wildman–Crippen MR) is 84.3 cm³/mol. The zero-order chi connectivity index (χ0) is 13.8. The fourth-order valence-corrected chi connectivity index (χ4v) is 3.46. The summed E-state index contributed by atoms with van der Waals surface area (Å²) in [5, 5.41) is 9.52. The second-order valence-electron chi connectivity index (χ2n) is 5.55. The van der Waals surface area contributed by atoms with Crippen LogP contribution >= 0.6 is 15.9 Å². The van der Waals surface area contributed by atoms with E-state index >= 15 is 0 Å². The first-order valence-corrected chi connectivity index (χ1v) is 8.55. The number of rotatable bonds is 4. The van der Waals surface area contributed by atoms with Crippen molar-refractivity contribution < 1.29 is 0 Å². The van der Waals surface area contributed by atoms with Crippen molar-refractivity contribution in [2.45, 2.75) is 43.9 Å². The lowest BCUT2D eigenvalue weighted by Crippen LogP contribution is -2.13. The van der Waals surface area contributed by atoms with Gasteiger partial charge in [0.1, 0.15) is 11.6 Å². The van der Waals surface area contributed by atoms with Crippen molar-refractivity contribution in [3.05, 3.63) is 42.0 Å². The van der Waals surface area contributed by atoms with Gasteiger partial charge < -0.3 is 0 Å². The quantitative estimate of drug-likeness (QED) is 0.781. The second-order valence-corrected chi connectivity index (χ2v) is 6.11. The van der Waals surface area contributed by atoms with Crippen molar-refractivity contribution in [2.75, 3.05) is 0 Å². The number of aromatic nitrogens is 3. The largest absolute Gasteiger partial charge is 0.282 e. The van der Waals surface area contributed by atoms with Crippen LogP contribution in [0.25, 0.3) is 5.69 Å². The van der Waals surface area contributed by atoms with Crippen LogP contribution in [0, 0.1) is 5.92 Å². The molecule has 1 saturated carbocycles. The number of benzene rings is 1. The van der Waals surface area contributed by atoms with Gasteiger partial charge in [0, 0.05) is 12.1 Å². The van der Waals surface area contributed by atoms with Gasteiger partial charge in [-0.3, -0.25) is 4.57 Å². The first-order chi connectivity index (χ1) is 9.88. The predicted octanol–water partition coefficient (Wildman–Crippen LogP) is 4.29. The molecule has 0 spiro atoms. The molecule has 0 amide bonds. The lowest BCUT2D eigenvalue weighted by Gasteiger charge is -2.21. The molecule has 1 fully saturated rings. The van der Waals surface area contributed by atoms with Crippen molar-refractivity contribution in [1.82, 2.24) is 14.8 Å². The van der Waals surface area contributed by atoms with Gasteiger partial charge >= 0.3 is 0 Å². The van der Waals surface area contributed by atoms with Crippen LogP contribution in [0.15, 0.2) is 30.3 Å². The molecule has 0 aliphatic heterocycles. The lowest BCUT2D eigenvalue weighted by molar-refractivity contribution is 0.350. The van der Waals surface area contributed by atoms with Gasteiger partial charge in [-0.2, -0.15) is 0 Å². The van der Waals surface area contributed by atoms with E-state index < -0.39 is 0 Å². The number of alkyl halides is 1. The highest BCUT2D eigenvalue weighted by Crippen LogP contribution is 2.27. The fraction of sp³-hybridized carbons (Fsp3) is 0.500. The number of halogens is 1. The summed E-state index contributed by atoms with van der Waals surface area (Å²) in [6.45, 7) is 0. The minimum absolute atomic E-state index is 0.736. The smallest absolute Gasteiger partial charge is 0.148 e. The van der Waals surface area contributed by atoms with E-state index in [9.17, 15) is 0 Å². The number of hydrogen-bond acceptors (Lipinski definition) is 2. The van der Waals surface area contributed by atoms with Gasteiger partial charge in [0.15, 0.2) is 0 Å². The lowest BCUT2D eigenvalue weighted by atomic mass is 9.87. The van der Waals surface area contributed by atoms with Crippen LogP contribution in [-0.2, 0) is 11.8 Å². The Morgan fingerprint density at radius 1 is 1.00 bits per heavy atom. The maximum atomic E-state index is 4.44. The summed E-state index contributed by atoms with van der Waals surface area (Å²) in [4.78, 5) is 0. The Bertz CT molecular complexity index is 544. The Kier molecular flexibility index (Phi) is 4.51. The van der Waals surface area contributed by atoms with Gasteiger partial charge in [-0.15, -0.1) is 10.2 Å². The van der Waals surface area contributed by atoms with Crippen LogP contribution in [0.1, 0.15) is 43.8 Å². The molecule has 0 atom stereocenters. The topological polar surface area (TPSA) is 30.7 Å². The molecule has 20 heavy (non-hydrogen) atoms. The standard InChI is InChI=1S/C16H20BrN3/c17-12-16-19-18-15(11-13-7-3-1-4-8-13)20(16)14-9-5-2-6-10-14/h2,5-6,9-10,13H,1,3-4,7-8,11-12H2. The van der Waals surface area contributed by atoms with Crippen molar-refractivity contribution in [3.8, 4) is 5.69 Å². The summed E-state index contributed by atoms with van der Waals surface area (Å²) in [6.07, 6.45) is 7.87. The Morgan fingerprint density at radius 2 is 1.70 bits per heavy atom. The normalized spacial score (nSPS) is 16.4. The summed E-state index contributed by atoms with van der Waals surface area (Å²) < 4.78 is 2.21. The molecule has 0 radical (unpaired) electrons. The van der Waals surface area contributed by atoms with Crippen LogP contribution in [0.3, 0.4) is 0 Å². The third kappa shape index (κ3) is 2.95. The average Bonchev–Trinajstić information content (AvgIpc) is 2.92. The van der Waals surface area contributed by atoms with E-state index in [-0.39, 0.29) is 0 Å². The van der Waals surface area contributed by atoms with Crippen LogP contribution in [0.4, 0.5) is 0 Å². The van der Waals surface area contributed by atoms with Crippen molar-refractivity contribution in [1.29, 1.82) is 0 Å².